The third-order valence-electron chi connectivity index (χ3n) is 3.15. The summed E-state index contributed by atoms with van der Waals surface area (Å²) in [4.78, 5) is 25.9. The van der Waals surface area contributed by atoms with Gasteiger partial charge in [0.25, 0.3) is 11.8 Å². The molecule has 4 nitrogen and oxygen atoms in total. The number of nitrogens with one attached hydrogen (secondary N) is 1. The summed E-state index contributed by atoms with van der Waals surface area (Å²) in [5, 5.41) is 10.7. The van der Waals surface area contributed by atoms with Crippen molar-refractivity contribution < 1.29 is 9.59 Å². The van der Waals surface area contributed by atoms with Crippen LogP contribution >= 0.6 is 22.7 Å². The molecule has 0 atom stereocenters. The number of carbonyl (C=O) groups excluding carboxylic acids is 2. The molecule has 6 heteroatoms. The first-order valence-corrected chi connectivity index (χ1v) is 7.66. The summed E-state index contributed by atoms with van der Waals surface area (Å²) in [6.45, 7) is 0. The summed E-state index contributed by atoms with van der Waals surface area (Å²) in [5.74, 6) is -0.478. The Hall–Kier alpha value is -2.18. The van der Waals surface area contributed by atoms with Crippen LogP contribution in [0.1, 0.15) is 9.75 Å². The van der Waals surface area contributed by atoms with Gasteiger partial charge in [0.15, 0.2) is 0 Å². The SMILES string of the molecule is O=C1[N]C2=C(c3cccs3)C(=O)NC2=C1c1cccs1. The summed E-state index contributed by atoms with van der Waals surface area (Å²) in [7, 11) is 0. The largest absolute Gasteiger partial charge is 0.319 e. The van der Waals surface area contributed by atoms with Crippen molar-refractivity contribution in [3.05, 3.63) is 56.2 Å². The summed E-state index contributed by atoms with van der Waals surface area (Å²) in [6.07, 6.45) is 0. The van der Waals surface area contributed by atoms with Crippen molar-refractivity contribution in [1.29, 1.82) is 0 Å². The fraction of sp³-hybridized carbons (Fsp3) is 0. The van der Waals surface area contributed by atoms with Crippen LogP contribution in [0.2, 0.25) is 0 Å². The van der Waals surface area contributed by atoms with E-state index >= 15 is 0 Å². The molecule has 0 spiro atoms. The molecule has 2 aromatic heterocycles. The molecule has 4 rings (SSSR count). The molecule has 97 valence electrons. The minimum atomic E-state index is -0.286. The molecule has 0 unspecified atom stereocenters. The summed E-state index contributed by atoms with van der Waals surface area (Å²) in [6, 6.07) is 7.47. The van der Waals surface area contributed by atoms with Gasteiger partial charge >= 0.3 is 0 Å². The van der Waals surface area contributed by atoms with Gasteiger partial charge in [0.2, 0.25) is 0 Å². The molecule has 2 aliphatic heterocycles. The van der Waals surface area contributed by atoms with Crippen LogP contribution in [-0.4, -0.2) is 11.8 Å². The lowest BCUT2D eigenvalue weighted by molar-refractivity contribution is -0.114. The van der Waals surface area contributed by atoms with Gasteiger partial charge in [0.1, 0.15) is 5.70 Å². The van der Waals surface area contributed by atoms with Gasteiger partial charge < -0.3 is 5.32 Å². The van der Waals surface area contributed by atoms with Crippen molar-refractivity contribution in [1.82, 2.24) is 10.6 Å². The Morgan fingerprint density at radius 1 is 0.950 bits per heavy atom. The molecule has 2 aliphatic rings. The lowest BCUT2D eigenvalue weighted by atomic mass is 10.1. The van der Waals surface area contributed by atoms with E-state index in [-0.39, 0.29) is 11.8 Å². The van der Waals surface area contributed by atoms with Gasteiger partial charge in [-0.1, -0.05) is 12.1 Å². The van der Waals surface area contributed by atoms with Crippen molar-refractivity contribution in [2.45, 2.75) is 0 Å². The minimum absolute atomic E-state index is 0.192. The van der Waals surface area contributed by atoms with Crippen LogP contribution in [0.5, 0.6) is 0 Å². The molecule has 20 heavy (non-hydrogen) atoms. The molecule has 0 fully saturated rings. The zero-order valence-corrected chi connectivity index (χ0v) is 11.7. The first-order valence-electron chi connectivity index (χ1n) is 5.90. The van der Waals surface area contributed by atoms with E-state index in [1.165, 1.54) is 22.7 Å². The summed E-state index contributed by atoms with van der Waals surface area (Å²) in [5.41, 5.74) is 2.02. The predicted octanol–water partition coefficient (Wildman–Crippen LogP) is 2.21. The van der Waals surface area contributed by atoms with Crippen LogP contribution in [0.25, 0.3) is 11.1 Å². The average molecular weight is 299 g/mol. The Morgan fingerprint density at radius 2 is 1.60 bits per heavy atom. The molecule has 0 saturated heterocycles. The second-order valence-corrected chi connectivity index (χ2v) is 6.19. The van der Waals surface area contributed by atoms with E-state index < -0.39 is 0 Å². The minimum Gasteiger partial charge on any atom is -0.319 e. The number of carbonyl (C=O) groups is 2. The third kappa shape index (κ3) is 1.52. The van der Waals surface area contributed by atoms with E-state index in [2.05, 4.69) is 10.6 Å². The highest BCUT2D eigenvalue weighted by molar-refractivity contribution is 7.12. The first kappa shape index (κ1) is 11.6. The third-order valence-corrected chi connectivity index (χ3v) is 4.93. The number of amides is 2. The smallest absolute Gasteiger partial charge is 0.281 e. The molecular weight excluding hydrogens is 292 g/mol. The fourth-order valence-corrected chi connectivity index (χ4v) is 3.86. The number of fused-ring (bicyclic) bond motifs is 1. The number of rotatable bonds is 2. The number of thiophene rings is 2. The van der Waals surface area contributed by atoms with E-state index in [1.807, 2.05) is 35.0 Å². The highest BCUT2D eigenvalue weighted by atomic mass is 32.1. The van der Waals surface area contributed by atoms with Crippen LogP contribution in [-0.2, 0) is 9.59 Å². The summed E-state index contributed by atoms with van der Waals surface area (Å²) < 4.78 is 0. The number of nitrogens with zero attached hydrogens (tertiary/aromatic N) is 1. The Balaban J connectivity index is 1.94. The topological polar surface area (TPSA) is 60.3 Å². The van der Waals surface area contributed by atoms with Crippen LogP contribution in [0.4, 0.5) is 0 Å². The van der Waals surface area contributed by atoms with Crippen LogP contribution in [0.3, 0.4) is 0 Å². The Labute approximate surface area is 122 Å². The normalized spacial score (nSPS) is 17.6. The van der Waals surface area contributed by atoms with Gasteiger partial charge in [-0.2, -0.15) is 0 Å². The van der Waals surface area contributed by atoms with E-state index in [4.69, 9.17) is 0 Å². The highest BCUT2D eigenvalue weighted by Crippen LogP contribution is 2.39. The summed E-state index contributed by atoms with van der Waals surface area (Å²) >= 11 is 2.93. The Morgan fingerprint density at radius 3 is 2.20 bits per heavy atom. The zero-order chi connectivity index (χ0) is 13.7. The maximum atomic E-state index is 12.1. The highest BCUT2D eigenvalue weighted by Gasteiger charge is 2.40. The number of hydrogen-bond acceptors (Lipinski definition) is 4. The number of hydrogen-bond donors (Lipinski definition) is 1. The van der Waals surface area contributed by atoms with Gasteiger partial charge in [-0.15, -0.1) is 22.7 Å². The van der Waals surface area contributed by atoms with Crippen LogP contribution in [0, 0.1) is 0 Å². The molecule has 0 aliphatic carbocycles. The maximum absolute atomic E-state index is 12.1. The molecule has 0 saturated carbocycles. The molecule has 1 N–H and O–H groups in total. The van der Waals surface area contributed by atoms with Gasteiger partial charge in [0, 0.05) is 9.75 Å². The van der Waals surface area contributed by atoms with Gasteiger partial charge in [-0.25, -0.2) is 5.32 Å². The second-order valence-electron chi connectivity index (χ2n) is 4.30. The molecule has 1 radical (unpaired) electrons. The van der Waals surface area contributed by atoms with E-state index in [1.54, 1.807) is 0 Å². The van der Waals surface area contributed by atoms with Crippen molar-refractivity contribution in [2.24, 2.45) is 0 Å². The maximum Gasteiger partial charge on any atom is 0.281 e. The standard InChI is InChI=1S/C14H7N2O2S2/c17-13-9(7-3-1-5-19-7)11-12(16-13)10(14(18)15-11)8-4-2-6-20-8/h1-6H,(H,15,18). The molecular formula is C14H7N2O2S2. The van der Waals surface area contributed by atoms with E-state index in [0.717, 1.165) is 9.75 Å². The lowest BCUT2D eigenvalue weighted by Crippen LogP contribution is -2.17. The zero-order valence-electron chi connectivity index (χ0n) is 10.0. The monoisotopic (exact) mass is 299 g/mol. The molecule has 2 aromatic rings. The Bertz CT molecular complexity index is 715. The van der Waals surface area contributed by atoms with E-state index in [0.29, 0.717) is 22.5 Å². The van der Waals surface area contributed by atoms with Crippen LogP contribution in [0.15, 0.2) is 46.4 Å². The van der Waals surface area contributed by atoms with Gasteiger partial charge in [-0.3, -0.25) is 9.59 Å². The van der Waals surface area contributed by atoms with Crippen molar-refractivity contribution in [2.75, 3.05) is 0 Å². The first-order chi connectivity index (χ1) is 9.75. The molecule has 0 aromatic carbocycles. The van der Waals surface area contributed by atoms with Crippen LogP contribution < -0.4 is 10.6 Å². The van der Waals surface area contributed by atoms with Crippen molar-refractivity contribution in [3.63, 3.8) is 0 Å². The fourth-order valence-electron chi connectivity index (χ4n) is 2.32. The van der Waals surface area contributed by atoms with Gasteiger partial charge in [-0.05, 0) is 22.9 Å². The quantitative estimate of drug-likeness (QED) is 0.924. The molecule has 0 bridgehead atoms. The molecule has 4 heterocycles. The second kappa shape index (κ2) is 4.16. The Kier molecular flexibility index (Phi) is 2.42. The van der Waals surface area contributed by atoms with Gasteiger partial charge in [0.05, 0.1) is 16.8 Å². The van der Waals surface area contributed by atoms with E-state index in [9.17, 15) is 9.59 Å². The van der Waals surface area contributed by atoms with Crippen molar-refractivity contribution >= 4 is 45.6 Å². The average Bonchev–Trinajstić information content (AvgIpc) is 3.13. The molecule has 2 amide bonds. The van der Waals surface area contributed by atoms with Crippen molar-refractivity contribution in [3.8, 4) is 0 Å². The predicted molar refractivity (Wildman–Crippen MR) is 77.8 cm³/mol. The lowest BCUT2D eigenvalue weighted by Gasteiger charge is -2.00.